The van der Waals surface area contributed by atoms with Crippen molar-refractivity contribution in [3.63, 3.8) is 0 Å². The topological polar surface area (TPSA) is 72.8 Å². The molecule has 1 aromatic rings. The quantitative estimate of drug-likeness (QED) is 0.667. The number of carbonyl (C=O) groups excluding carboxylic acids is 1. The molecule has 0 spiro atoms. The van der Waals surface area contributed by atoms with E-state index in [1.54, 1.807) is 38.3 Å². The van der Waals surface area contributed by atoms with Crippen LogP contribution in [0.2, 0.25) is 0 Å². The first-order valence-electron chi connectivity index (χ1n) is 6.63. The summed E-state index contributed by atoms with van der Waals surface area (Å²) in [6, 6.07) is 7.14. The lowest BCUT2D eigenvalue weighted by molar-refractivity contribution is -0.147. The van der Waals surface area contributed by atoms with Crippen molar-refractivity contribution in [1.82, 2.24) is 0 Å². The number of esters is 1. The van der Waals surface area contributed by atoms with Crippen molar-refractivity contribution in [2.24, 2.45) is 0 Å². The van der Waals surface area contributed by atoms with Crippen LogP contribution >= 0.6 is 0 Å². The van der Waals surface area contributed by atoms with Crippen molar-refractivity contribution in [2.45, 2.75) is 33.3 Å². The minimum atomic E-state index is -0.948. The van der Waals surface area contributed by atoms with Gasteiger partial charge in [0.1, 0.15) is 5.75 Å². The van der Waals surface area contributed by atoms with E-state index in [4.69, 9.17) is 14.6 Å². The molecular formula is C16H22O5. The van der Waals surface area contributed by atoms with E-state index in [2.05, 4.69) is 0 Å². The highest BCUT2D eigenvalue weighted by atomic mass is 16.5. The Bertz CT molecular complexity index is 460. The van der Waals surface area contributed by atoms with Crippen molar-refractivity contribution in [3.8, 4) is 5.75 Å². The molecule has 0 aliphatic carbocycles. The van der Waals surface area contributed by atoms with Crippen LogP contribution in [0.4, 0.5) is 0 Å². The molecule has 116 valence electrons. The molecule has 5 nitrogen and oxygen atoms in total. The van der Waals surface area contributed by atoms with Crippen LogP contribution in [0, 0.1) is 0 Å². The zero-order valence-electron chi connectivity index (χ0n) is 12.8. The normalized spacial score (nSPS) is 9.95. The van der Waals surface area contributed by atoms with Gasteiger partial charge in [0.25, 0.3) is 0 Å². The number of ether oxygens (including phenoxy) is 2. The fourth-order valence-corrected chi connectivity index (χ4v) is 1.23. The Morgan fingerprint density at radius 1 is 1.24 bits per heavy atom. The molecule has 0 aliphatic rings. The lowest BCUT2D eigenvalue weighted by Crippen LogP contribution is -2.09. The van der Waals surface area contributed by atoms with E-state index < -0.39 is 5.97 Å². The summed E-state index contributed by atoms with van der Waals surface area (Å²) in [7, 11) is 1.59. The van der Waals surface area contributed by atoms with Crippen LogP contribution in [0.25, 0.3) is 6.08 Å². The molecule has 0 aliphatic heterocycles. The van der Waals surface area contributed by atoms with Gasteiger partial charge < -0.3 is 14.6 Å². The van der Waals surface area contributed by atoms with Gasteiger partial charge in [0.2, 0.25) is 0 Å². The standard InChI is InChI=1S/C10H10O3.C6H12O2/c1-13-9-5-2-8(3-6-9)4-7-10(11)12;1-4-6(7)8-5(2)3/h2-7H,1H3,(H,11,12);5H,4H2,1-3H3. The van der Waals surface area contributed by atoms with Crippen LogP contribution in [0.5, 0.6) is 5.75 Å². The maximum atomic E-state index is 10.4. The van der Waals surface area contributed by atoms with E-state index >= 15 is 0 Å². The Labute approximate surface area is 125 Å². The molecule has 1 rings (SSSR count). The van der Waals surface area contributed by atoms with Gasteiger partial charge in [-0.1, -0.05) is 19.1 Å². The van der Waals surface area contributed by atoms with Gasteiger partial charge in [-0.25, -0.2) is 4.79 Å². The number of benzene rings is 1. The number of aliphatic carboxylic acids is 1. The van der Waals surface area contributed by atoms with Crippen molar-refractivity contribution >= 4 is 18.0 Å². The summed E-state index contributed by atoms with van der Waals surface area (Å²) in [6.07, 6.45) is 3.13. The third kappa shape index (κ3) is 10.2. The summed E-state index contributed by atoms with van der Waals surface area (Å²) >= 11 is 0. The monoisotopic (exact) mass is 294 g/mol. The van der Waals surface area contributed by atoms with E-state index in [0.29, 0.717) is 6.42 Å². The van der Waals surface area contributed by atoms with E-state index in [9.17, 15) is 9.59 Å². The lowest BCUT2D eigenvalue weighted by atomic mass is 10.2. The number of carbonyl (C=O) groups is 2. The minimum Gasteiger partial charge on any atom is -0.497 e. The van der Waals surface area contributed by atoms with Crippen LogP contribution in [0.1, 0.15) is 32.8 Å². The molecule has 0 radical (unpaired) electrons. The van der Waals surface area contributed by atoms with Crippen molar-refractivity contribution in [1.29, 1.82) is 0 Å². The maximum absolute atomic E-state index is 10.4. The summed E-state index contributed by atoms with van der Waals surface area (Å²) in [5, 5.41) is 8.36. The fourth-order valence-electron chi connectivity index (χ4n) is 1.23. The first-order chi connectivity index (χ1) is 9.88. The molecule has 5 heteroatoms. The minimum absolute atomic E-state index is 0.0300. The van der Waals surface area contributed by atoms with Crippen LogP contribution in [0.3, 0.4) is 0 Å². The summed E-state index contributed by atoms with van der Waals surface area (Å²) < 4.78 is 9.71. The molecule has 0 fully saturated rings. The number of hydrogen-bond donors (Lipinski definition) is 1. The molecule has 0 saturated heterocycles. The molecular weight excluding hydrogens is 272 g/mol. The highest BCUT2D eigenvalue weighted by Gasteiger charge is 1.99. The molecule has 0 atom stereocenters. The van der Waals surface area contributed by atoms with Crippen LogP contribution in [-0.4, -0.2) is 30.3 Å². The van der Waals surface area contributed by atoms with Crippen molar-refractivity contribution in [3.05, 3.63) is 35.9 Å². The number of methoxy groups -OCH3 is 1. The highest BCUT2D eigenvalue weighted by Crippen LogP contribution is 2.11. The molecule has 0 amide bonds. The predicted molar refractivity (Wildman–Crippen MR) is 81.2 cm³/mol. The average Bonchev–Trinajstić information content (AvgIpc) is 2.45. The number of hydrogen-bond acceptors (Lipinski definition) is 4. The van der Waals surface area contributed by atoms with Gasteiger partial charge in [-0.15, -0.1) is 0 Å². The van der Waals surface area contributed by atoms with Gasteiger partial charge in [0.05, 0.1) is 13.2 Å². The second-order valence-corrected chi connectivity index (χ2v) is 4.34. The smallest absolute Gasteiger partial charge is 0.328 e. The van der Waals surface area contributed by atoms with Crippen molar-refractivity contribution < 1.29 is 24.2 Å². The van der Waals surface area contributed by atoms with E-state index in [-0.39, 0.29) is 12.1 Å². The zero-order chi connectivity index (χ0) is 16.3. The number of rotatable bonds is 5. The Morgan fingerprint density at radius 3 is 2.14 bits per heavy atom. The maximum Gasteiger partial charge on any atom is 0.328 e. The first-order valence-corrected chi connectivity index (χ1v) is 6.63. The van der Waals surface area contributed by atoms with Gasteiger partial charge >= 0.3 is 11.9 Å². The SMILES string of the molecule is CCC(=O)OC(C)C.COc1ccc(C=CC(=O)O)cc1. The molecule has 0 unspecified atom stereocenters. The number of carboxylic acid groups (broad SMARTS) is 1. The lowest BCUT2D eigenvalue weighted by Gasteiger charge is -2.04. The summed E-state index contributed by atoms with van der Waals surface area (Å²) in [6.45, 7) is 5.46. The molecule has 21 heavy (non-hydrogen) atoms. The number of carboxylic acids is 1. The molecule has 0 saturated carbocycles. The van der Waals surface area contributed by atoms with Crippen LogP contribution in [-0.2, 0) is 14.3 Å². The summed E-state index contributed by atoms with van der Waals surface area (Å²) in [5.41, 5.74) is 0.836. The van der Waals surface area contributed by atoms with E-state index in [1.807, 2.05) is 13.8 Å². The zero-order valence-corrected chi connectivity index (χ0v) is 12.8. The fraction of sp³-hybridized carbons (Fsp3) is 0.375. The van der Waals surface area contributed by atoms with Crippen LogP contribution in [0.15, 0.2) is 30.3 Å². The van der Waals surface area contributed by atoms with Crippen molar-refractivity contribution in [2.75, 3.05) is 7.11 Å². The summed E-state index contributed by atoms with van der Waals surface area (Å²) in [5.74, 6) is -0.316. The second kappa shape index (κ2) is 10.5. The van der Waals surface area contributed by atoms with Gasteiger partial charge in [0, 0.05) is 12.5 Å². The molecule has 1 N–H and O–H groups in total. The second-order valence-electron chi connectivity index (χ2n) is 4.34. The Morgan fingerprint density at radius 2 is 1.81 bits per heavy atom. The third-order valence-corrected chi connectivity index (χ3v) is 2.19. The van der Waals surface area contributed by atoms with Gasteiger partial charge in [0.15, 0.2) is 0 Å². The molecule has 1 aromatic carbocycles. The highest BCUT2D eigenvalue weighted by molar-refractivity contribution is 5.85. The van der Waals surface area contributed by atoms with E-state index in [0.717, 1.165) is 17.4 Å². The van der Waals surface area contributed by atoms with Gasteiger partial charge in [-0.2, -0.15) is 0 Å². The van der Waals surface area contributed by atoms with Crippen LogP contribution < -0.4 is 4.74 Å². The predicted octanol–water partition coefficient (Wildman–Crippen LogP) is 3.14. The average molecular weight is 294 g/mol. The first kappa shape index (κ1) is 18.7. The largest absolute Gasteiger partial charge is 0.497 e. The summed E-state index contributed by atoms with van der Waals surface area (Å²) in [4.78, 5) is 20.6. The third-order valence-electron chi connectivity index (χ3n) is 2.19. The Balaban J connectivity index is 0.000000433. The molecule has 0 heterocycles. The Hall–Kier alpha value is -2.30. The Kier molecular flexibility index (Phi) is 9.33. The van der Waals surface area contributed by atoms with Gasteiger partial charge in [-0.3, -0.25) is 4.79 Å². The molecule has 0 aromatic heterocycles. The van der Waals surface area contributed by atoms with E-state index in [1.165, 1.54) is 6.08 Å². The molecule has 0 bridgehead atoms. The van der Waals surface area contributed by atoms with Gasteiger partial charge in [-0.05, 0) is 37.6 Å².